The van der Waals surface area contributed by atoms with Gasteiger partial charge in [-0.25, -0.2) is 8.42 Å². The van der Waals surface area contributed by atoms with E-state index in [9.17, 15) is 8.42 Å². The summed E-state index contributed by atoms with van der Waals surface area (Å²) in [6, 6.07) is 5.44. The highest BCUT2D eigenvalue weighted by atomic mass is 127. The number of benzene rings is 1. The van der Waals surface area contributed by atoms with Crippen molar-refractivity contribution < 1.29 is 8.42 Å². The molecule has 1 aromatic rings. The number of nitrogens with one attached hydrogen (secondary N) is 2. The van der Waals surface area contributed by atoms with Crippen LogP contribution in [0, 0.1) is 12.8 Å². The third kappa shape index (κ3) is 8.24. The molecule has 1 saturated heterocycles. The van der Waals surface area contributed by atoms with Crippen LogP contribution < -0.4 is 10.6 Å². The fraction of sp³-hybridized carbons (Fsp3) is 0.650. The lowest BCUT2D eigenvalue weighted by molar-refractivity contribution is 0.182. The second-order valence-electron chi connectivity index (χ2n) is 7.63. The molecule has 1 aliphatic rings. The number of nitrogens with zero attached hydrogens (tertiary/aromatic N) is 2. The van der Waals surface area contributed by atoms with Crippen LogP contribution in [0.2, 0.25) is 0 Å². The molecule has 8 heteroatoms. The minimum absolute atomic E-state index is 0. The number of hydrogen-bond donors (Lipinski definition) is 2. The van der Waals surface area contributed by atoms with Crippen molar-refractivity contribution in [3.8, 4) is 0 Å². The zero-order chi connectivity index (χ0) is 19.9. The Kier molecular flexibility index (Phi) is 10.8. The molecule has 1 fully saturated rings. The van der Waals surface area contributed by atoms with Crippen molar-refractivity contribution in [1.29, 1.82) is 0 Å². The fourth-order valence-electron chi connectivity index (χ4n) is 3.64. The zero-order valence-electron chi connectivity index (χ0n) is 17.5. The van der Waals surface area contributed by atoms with Gasteiger partial charge in [0, 0.05) is 32.9 Å². The lowest BCUT2D eigenvalue weighted by Crippen LogP contribution is -2.39. The molecule has 160 valence electrons. The standard InChI is InChI=1S/C20H34N4O2S.HI/c1-16-7-5-11-24(15-16)12-6-10-22-20(21-3)23-14-18-8-9-19(17(2)13-18)27(4,25)26;/h8-9,13,16H,5-7,10-12,14-15H2,1-4H3,(H2,21,22,23);1H. The van der Waals surface area contributed by atoms with Gasteiger partial charge >= 0.3 is 0 Å². The molecule has 2 N–H and O–H groups in total. The van der Waals surface area contributed by atoms with Gasteiger partial charge in [-0.3, -0.25) is 4.99 Å². The molecule has 0 radical (unpaired) electrons. The Balaban J connectivity index is 0.00000392. The van der Waals surface area contributed by atoms with E-state index in [0.717, 1.165) is 42.5 Å². The third-order valence-electron chi connectivity index (χ3n) is 5.01. The highest BCUT2D eigenvalue weighted by molar-refractivity contribution is 14.0. The molecular formula is C20H35IN4O2S. The number of guanidine groups is 1. The number of rotatable bonds is 7. The highest BCUT2D eigenvalue weighted by Crippen LogP contribution is 2.17. The topological polar surface area (TPSA) is 73.8 Å². The average molecular weight is 522 g/mol. The Bertz CT molecular complexity index is 753. The molecule has 28 heavy (non-hydrogen) atoms. The van der Waals surface area contributed by atoms with E-state index in [2.05, 4.69) is 27.4 Å². The van der Waals surface area contributed by atoms with Crippen LogP contribution in [0.5, 0.6) is 0 Å². The van der Waals surface area contributed by atoms with Crippen molar-refractivity contribution in [3.63, 3.8) is 0 Å². The SMILES string of the molecule is CN=C(NCCCN1CCCC(C)C1)NCc1ccc(S(C)(=O)=O)c(C)c1.I. The first kappa shape index (κ1) is 25.2. The van der Waals surface area contributed by atoms with E-state index in [4.69, 9.17) is 0 Å². The summed E-state index contributed by atoms with van der Waals surface area (Å²) in [4.78, 5) is 7.21. The first-order valence-electron chi connectivity index (χ1n) is 9.76. The normalized spacial score (nSPS) is 18.4. The molecule has 0 bridgehead atoms. The van der Waals surface area contributed by atoms with E-state index in [0.29, 0.717) is 11.4 Å². The molecule has 1 aromatic carbocycles. The number of aryl methyl sites for hydroxylation is 1. The summed E-state index contributed by atoms with van der Waals surface area (Å²) >= 11 is 0. The third-order valence-corrected chi connectivity index (χ3v) is 6.26. The van der Waals surface area contributed by atoms with Crippen molar-refractivity contribution in [2.24, 2.45) is 10.9 Å². The van der Waals surface area contributed by atoms with Gasteiger partial charge in [0.05, 0.1) is 4.90 Å². The number of sulfone groups is 1. The predicted octanol–water partition coefficient (Wildman–Crippen LogP) is 2.80. The molecule has 0 aliphatic carbocycles. The average Bonchev–Trinajstić information content (AvgIpc) is 2.60. The van der Waals surface area contributed by atoms with E-state index in [-0.39, 0.29) is 24.0 Å². The molecular weight excluding hydrogens is 487 g/mol. The van der Waals surface area contributed by atoms with Gasteiger partial charge in [-0.05, 0) is 62.4 Å². The van der Waals surface area contributed by atoms with Gasteiger partial charge in [0.25, 0.3) is 0 Å². The number of likely N-dealkylation sites (tertiary alicyclic amines) is 1. The summed E-state index contributed by atoms with van der Waals surface area (Å²) in [5.74, 6) is 1.59. The summed E-state index contributed by atoms with van der Waals surface area (Å²) in [6.07, 6.45) is 5.00. The number of hydrogen-bond acceptors (Lipinski definition) is 4. The van der Waals surface area contributed by atoms with Crippen molar-refractivity contribution in [2.45, 2.75) is 44.6 Å². The molecule has 1 aliphatic heterocycles. The lowest BCUT2D eigenvalue weighted by atomic mass is 10.0. The number of aliphatic imine (C=N–C) groups is 1. The maximum atomic E-state index is 11.7. The summed E-state index contributed by atoms with van der Waals surface area (Å²) in [5.41, 5.74) is 1.81. The molecule has 0 amide bonds. The van der Waals surface area contributed by atoms with Gasteiger partial charge in [-0.2, -0.15) is 0 Å². The zero-order valence-corrected chi connectivity index (χ0v) is 20.6. The van der Waals surface area contributed by atoms with Gasteiger partial charge < -0.3 is 15.5 Å². The van der Waals surface area contributed by atoms with E-state index in [1.165, 1.54) is 32.2 Å². The van der Waals surface area contributed by atoms with E-state index < -0.39 is 9.84 Å². The Labute approximate surface area is 187 Å². The smallest absolute Gasteiger partial charge is 0.191 e. The monoisotopic (exact) mass is 522 g/mol. The van der Waals surface area contributed by atoms with E-state index >= 15 is 0 Å². The predicted molar refractivity (Wildman–Crippen MR) is 127 cm³/mol. The summed E-state index contributed by atoms with van der Waals surface area (Å²) in [7, 11) is -1.41. The summed E-state index contributed by atoms with van der Waals surface area (Å²) < 4.78 is 23.4. The van der Waals surface area contributed by atoms with Crippen LogP contribution in [0.4, 0.5) is 0 Å². The van der Waals surface area contributed by atoms with Crippen LogP contribution in [0.15, 0.2) is 28.1 Å². The largest absolute Gasteiger partial charge is 0.356 e. The van der Waals surface area contributed by atoms with E-state index in [1.54, 1.807) is 13.1 Å². The van der Waals surface area contributed by atoms with E-state index in [1.807, 2.05) is 19.1 Å². The van der Waals surface area contributed by atoms with Gasteiger partial charge in [0.2, 0.25) is 0 Å². The fourth-order valence-corrected chi connectivity index (χ4v) is 4.60. The first-order valence-corrected chi connectivity index (χ1v) is 11.6. The Morgan fingerprint density at radius 2 is 2.07 bits per heavy atom. The maximum absolute atomic E-state index is 11.7. The van der Waals surface area contributed by atoms with Crippen LogP contribution in [0.1, 0.15) is 37.3 Å². The molecule has 1 unspecified atom stereocenters. The van der Waals surface area contributed by atoms with Crippen LogP contribution in [0.3, 0.4) is 0 Å². The van der Waals surface area contributed by atoms with Gasteiger partial charge in [-0.15, -0.1) is 24.0 Å². The van der Waals surface area contributed by atoms with Crippen molar-refractivity contribution in [3.05, 3.63) is 29.3 Å². The van der Waals surface area contributed by atoms with Crippen LogP contribution in [0.25, 0.3) is 0 Å². The van der Waals surface area contributed by atoms with Crippen molar-refractivity contribution in [1.82, 2.24) is 15.5 Å². The van der Waals surface area contributed by atoms with Crippen LogP contribution in [-0.2, 0) is 16.4 Å². The van der Waals surface area contributed by atoms with Gasteiger partial charge in [0.1, 0.15) is 0 Å². The van der Waals surface area contributed by atoms with Crippen molar-refractivity contribution >= 4 is 39.8 Å². The maximum Gasteiger partial charge on any atom is 0.191 e. The van der Waals surface area contributed by atoms with Crippen molar-refractivity contribution in [2.75, 3.05) is 39.5 Å². The highest BCUT2D eigenvalue weighted by Gasteiger charge is 2.15. The first-order chi connectivity index (χ1) is 12.8. The molecule has 0 spiro atoms. The molecule has 1 atom stereocenters. The molecule has 0 aromatic heterocycles. The second kappa shape index (κ2) is 12.0. The van der Waals surface area contributed by atoms with Gasteiger partial charge in [-0.1, -0.05) is 19.1 Å². The Morgan fingerprint density at radius 1 is 1.32 bits per heavy atom. The van der Waals surface area contributed by atoms with Crippen LogP contribution in [-0.4, -0.2) is 58.8 Å². The summed E-state index contributed by atoms with van der Waals surface area (Å²) in [6.45, 7) is 9.22. The molecule has 2 rings (SSSR count). The quantitative estimate of drug-likeness (QED) is 0.250. The minimum Gasteiger partial charge on any atom is -0.356 e. The number of halogens is 1. The summed E-state index contributed by atoms with van der Waals surface area (Å²) in [5, 5.41) is 6.65. The number of piperidine rings is 1. The lowest BCUT2D eigenvalue weighted by Gasteiger charge is -2.30. The minimum atomic E-state index is -3.17. The Morgan fingerprint density at radius 3 is 2.68 bits per heavy atom. The molecule has 6 nitrogen and oxygen atoms in total. The molecule has 0 saturated carbocycles. The molecule has 1 heterocycles. The van der Waals surface area contributed by atoms with Crippen LogP contribution >= 0.6 is 24.0 Å². The Hall–Kier alpha value is -0.870. The van der Waals surface area contributed by atoms with Gasteiger partial charge in [0.15, 0.2) is 15.8 Å². The second-order valence-corrected chi connectivity index (χ2v) is 9.61.